The van der Waals surface area contributed by atoms with Gasteiger partial charge in [0.05, 0.1) is 12.3 Å². The smallest absolute Gasteiger partial charge is 0.273 e. The van der Waals surface area contributed by atoms with Crippen molar-refractivity contribution in [3.63, 3.8) is 0 Å². The highest BCUT2D eigenvalue weighted by Crippen LogP contribution is 2.36. The molecule has 9 nitrogen and oxygen atoms in total. The molecule has 1 heterocycles. The van der Waals surface area contributed by atoms with Gasteiger partial charge in [0, 0.05) is 11.7 Å². The van der Waals surface area contributed by atoms with E-state index in [1.54, 1.807) is 24.3 Å². The molecule has 0 saturated heterocycles. The number of hydrogen-bond acceptors (Lipinski definition) is 7. The number of anilines is 2. The predicted molar refractivity (Wildman–Crippen MR) is 153 cm³/mol. The predicted octanol–water partition coefficient (Wildman–Crippen LogP) is 4.68. The lowest BCUT2D eigenvalue weighted by Crippen LogP contribution is -2.47. The molecule has 5 N–H and O–H groups in total. The van der Waals surface area contributed by atoms with E-state index in [9.17, 15) is 14.4 Å². The van der Waals surface area contributed by atoms with Crippen LogP contribution in [-0.2, 0) is 4.79 Å². The van der Waals surface area contributed by atoms with Gasteiger partial charge in [0.15, 0.2) is 5.69 Å². The third-order valence-corrected chi connectivity index (χ3v) is 8.03. The second kappa shape index (κ2) is 12.3. The number of nitrogens with one attached hydrogen (secondary N) is 1. The minimum absolute atomic E-state index is 0.0296. The Morgan fingerprint density at radius 1 is 1.10 bits per heavy atom. The average molecular weight is 550 g/mol. The van der Waals surface area contributed by atoms with Crippen LogP contribution in [0.2, 0.25) is 0 Å². The van der Waals surface area contributed by atoms with Crippen molar-refractivity contribution < 1.29 is 19.1 Å². The Bertz CT molecular complexity index is 1350. The van der Waals surface area contributed by atoms with E-state index in [0.717, 1.165) is 54.8 Å². The van der Waals surface area contributed by atoms with Crippen molar-refractivity contribution in [3.8, 4) is 5.75 Å². The van der Waals surface area contributed by atoms with Crippen LogP contribution >= 0.6 is 11.5 Å². The fourth-order valence-corrected chi connectivity index (χ4v) is 5.70. The number of amides is 3. The standard InChI is InChI=1S/C29H35N5O4S/c1-4-38-21-15-13-19(14-16-21)25(28(36)32-20-10-6-5-7-11-20)34(22-12-8-9-17(2)18(22)3)29(37)26-23(30)24(27(31)35)33-39-26/h8-9,12-16,20,25H,4-7,10-11,30H2,1-3H3,(H2,31,35)(H,32,36). The summed E-state index contributed by atoms with van der Waals surface area (Å²) in [7, 11) is 0. The Labute approximate surface area is 232 Å². The van der Waals surface area contributed by atoms with Crippen molar-refractivity contribution in [1.29, 1.82) is 0 Å². The van der Waals surface area contributed by atoms with E-state index < -0.39 is 17.9 Å². The molecular weight excluding hydrogens is 514 g/mol. The summed E-state index contributed by atoms with van der Waals surface area (Å²) < 4.78 is 9.64. The maximum absolute atomic E-state index is 14.3. The number of nitrogens with two attached hydrogens (primary N) is 2. The molecule has 3 amide bonds. The van der Waals surface area contributed by atoms with Crippen LogP contribution in [0.1, 0.15) is 81.9 Å². The van der Waals surface area contributed by atoms with Crippen molar-refractivity contribution in [1.82, 2.24) is 9.69 Å². The van der Waals surface area contributed by atoms with Crippen molar-refractivity contribution in [2.75, 3.05) is 17.2 Å². The number of aryl methyl sites for hydroxylation is 1. The molecule has 3 aromatic rings. The normalized spacial score (nSPS) is 14.4. The third kappa shape index (κ3) is 6.06. The summed E-state index contributed by atoms with van der Waals surface area (Å²) in [4.78, 5) is 41.8. The number of carbonyl (C=O) groups excluding carboxylic acids is 3. The molecule has 1 saturated carbocycles. The highest BCUT2D eigenvalue weighted by atomic mass is 32.1. The van der Waals surface area contributed by atoms with Crippen LogP contribution < -0.4 is 26.4 Å². The summed E-state index contributed by atoms with van der Waals surface area (Å²) in [6, 6.07) is 11.8. The number of carbonyl (C=O) groups is 3. The van der Waals surface area contributed by atoms with Gasteiger partial charge in [0.25, 0.3) is 11.8 Å². The molecule has 39 heavy (non-hydrogen) atoms. The zero-order chi connectivity index (χ0) is 28.1. The van der Waals surface area contributed by atoms with Gasteiger partial charge in [-0.15, -0.1) is 0 Å². The summed E-state index contributed by atoms with van der Waals surface area (Å²) in [5, 5.41) is 3.20. The summed E-state index contributed by atoms with van der Waals surface area (Å²) >= 11 is 0.796. The molecule has 1 atom stereocenters. The Balaban J connectivity index is 1.87. The first-order valence-electron chi connectivity index (χ1n) is 13.2. The zero-order valence-corrected chi connectivity index (χ0v) is 23.3. The van der Waals surface area contributed by atoms with Gasteiger partial charge < -0.3 is 21.5 Å². The molecule has 4 rings (SSSR count). The van der Waals surface area contributed by atoms with E-state index in [1.807, 2.05) is 39.0 Å². The van der Waals surface area contributed by atoms with Crippen LogP contribution in [0.25, 0.3) is 0 Å². The van der Waals surface area contributed by atoms with E-state index in [-0.39, 0.29) is 28.2 Å². The molecule has 1 aliphatic rings. The number of rotatable bonds is 9. The Kier molecular flexibility index (Phi) is 8.86. The number of ether oxygens (including phenoxy) is 1. The Morgan fingerprint density at radius 2 is 1.79 bits per heavy atom. The number of nitrogens with zero attached hydrogens (tertiary/aromatic N) is 2. The molecule has 1 fully saturated rings. The maximum atomic E-state index is 14.3. The second-order valence-electron chi connectivity index (χ2n) is 9.78. The van der Waals surface area contributed by atoms with Crippen molar-refractivity contribution >= 4 is 40.6 Å². The molecular formula is C29H35N5O4S. The number of nitrogen functional groups attached to an aromatic ring is 1. The highest BCUT2D eigenvalue weighted by molar-refractivity contribution is 7.09. The largest absolute Gasteiger partial charge is 0.494 e. The molecule has 0 spiro atoms. The molecule has 0 aliphatic heterocycles. The summed E-state index contributed by atoms with van der Waals surface area (Å²) in [5.41, 5.74) is 14.3. The van der Waals surface area contributed by atoms with Gasteiger partial charge >= 0.3 is 0 Å². The van der Waals surface area contributed by atoms with Crippen LogP contribution in [0.3, 0.4) is 0 Å². The third-order valence-electron chi connectivity index (χ3n) is 7.17. The Morgan fingerprint density at radius 3 is 2.41 bits per heavy atom. The van der Waals surface area contributed by atoms with Gasteiger partial charge in [0.1, 0.15) is 16.7 Å². The number of benzene rings is 2. The van der Waals surface area contributed by atoms with Gasteiger partial charge in [0.2, 0.25) is 5.91 Å². The van der Waals surface area contributed by atoms with Crippen molar-refractivity contribution in [2.45, 2.75) is 65.0 Å². The molecule has 206 valence electrons. The average Bonchev–Trinajstić information content (AvgIpc) is 3.31. The monoisotopic (exact) mass is 549 g/mol. The first-order valence-corrected chi connectivity index (χ1v) is 14.0. The van der Waals surface area contributed by atoms with E-state index >= 15 is 0 Å². The molecule has 10 heteroatoms. The van der Waals surface area contributed by atoms with Crippen molar-refractivity contribution in [2.24, 2.45) is 5.73 Å². The van der Waals surface area contributed by atoms with Gasteiger partial charge in [-0.05, 0) is 80.0 Å². The molecule has 1 unspecified atom stereocenters. The van der Waals surface area contributed by atoms with Gasteiger partial charge in [-0.2, -0.15) is 4.37 Å². The first-order chi connectivity index (χ1) is 18.7. The van der Waals surface area contributed by atoms with Gasteiger partial charge in [-0.3, -0.25) is 19.3 Å². The molecule has 1 aromatic heterocycles. The fourth-order valence-electron chi connectivity index (χ4n) is 4.96. The lowest BCUT2D eigenvalue weighted by Gasteiger charge is -2.34. The quantitative estimate of drug-likeness (QED) is 0.354. The summed E-state index contributed by atoms with van der Waals surface area (Å²) in [6.45, 7) is 6.26. The first kappa shape index (κ1) is 28.1. The van der Waals surface area contributed by atoms with Gasteiger partial charge in [-0.25, -0.2) is 0 Å². The second-order valence-corrected chi connectivity index (χ2v) is 10.6. The topological polar surface area (TPSA) is 141 Å². The van der Waals surface area contributed by atoms with Crippen LogP contribution in [0.15, 0.2) is 42.5 Å². The molecule has 0 radical (unpaired) electrons. The van der Waals surface area contributed by atoms with Crippen LogP contribution in [-0.4, -0.2) is 34.7 Å². The number of primary amides is 1. The van der Waals surface area contributed by atoms with Crippen LogP contribution in [0, 0.1) is 13.8 Å². The lowest BCUT2D eigenvalue weighted by molar-refractivity contribution is -0.123. The highest BCUT2D eigenvalue weighted by Gasteiger charge is 2.37. The molecule has 1 aliphatic carbocycles. The van der Waals surface area contributed by atoms with Crippen LogP contribution in [0.5, 0.6) is 5.75 Å². The molecule has 0 bridgehead atoms. The summed E-state index contributed by atoms with van der Waals surface area (Å²) in [5.74, 6) is -0.989. The van der Waals surface area contributed by atoms with E-state index in [1.165, 1.54) is 4.90 Å². The minimum atomic E-state index is -1.02. The lowest BCUT2D eigenvalue weighted by atomic mass is 9.94. The number of aromatic nitrogens is 1. The minimum Gasteiger partial charge on any atom is -0.494 e. The van der Waals surface area contributed by atoms with Gasteiger partial charge in [-0.1, -0.05) is 43.5 Å². The Hall–Kier alpha value is -3.92. The van der Waals surface area contributed by atoms with E-state index in [2.05, 4.69) is 9.69 Å². The van der Waals surface area contributed by atoms with Crippen molar-refractivity contribution in [3.05, 3.63) is 69.7 Å². The zero-order valence-electron chi connectivity index (χ0n) is 22.5. The summed E-state index contributed by atoms with van der Waals surface area (Å²) in [6.07, 6.45) is 5.03. The fraction of sp³-hybridized carbons (Fsp3) is 0.379. The maximum Gasteiger partial charge on any atom is 0.273 e. The SMILES string of the molecule is CCOc1ccc(C(C(=O)NC2CCCCC2)N(C(=O)c2snc(C(N)=O)c2N)c2cccc(C)c2C)cc1. The number of hydrogen-bond donors (Lipinski definition) is 3. The van der Waals surface area contributed by atoms with Crippen LogP contribution in [0.4, 0.5) is 11.4 Å². The van der Waals surface area contributed by atoms with E-state index in [0.29, 0.717) is 23.6 Å². The molecule has 2 aromatic carbocycles. The van der Waals surface area contributed by atoms with E-state index in [4.69, 9.17) is 16.2 Å².